The second-order valence-corrected chi connectivity index (χ2v) is 8.90. The van der Waals surface area contributed by atoms with E-state index in [-0.39, 0.29) is 4.90 Å². The van der Waals surface area contributed by atoms with Crippen LogP contribution in [-0.4, -0.2) is 29.9 Å². The minimum Gasteiger partial charge on any atom is -0.314 e. The number of H-pyrrole nitrogens is 1. The van der Waals surface area contributed by atoms with Crippen molar-refractivity contribution in [2.45, 2.75) is 11.8 Å². The van der Waals surface area contributed by atoms with E-state index in [0.29, 0.717) is 22.2 Å². The van der Waals surface area contributed by atoms with E-state index in [1.165, 1.54) is 23.5 Å². The molecule has 2 heterocycles. The van der Waals surface area contributed by atoms with Crippen molar-refractivity contribution in [1.29, 1.82) is 0 Å². The average Bonchev–Trinajstić information content (AvgIpc) is 3.04. The number of sulfone groups is 1. The molecular weight excluding hydrogens is 419 g/mol. The van der Waals surface area contributed by atoms with Gasteiger partial charge in [-0.05, 0) is 40.5 Å². The Labute approximate surface area is 150 Å². The zero-order valence-electron chi connectivity index (χ0n) is 12.6. The fourth-order valence-corrected chi connectivity index (χ4v) is 4.11. The molecule has 0 bridgehead atoms. The molecule has 0 saturated heterocycles. The quantitative estimate of drug-likeness (QED) is 0.655. The van der Waals surface area contributed by atoms with E-state index in [0.717, 1.165) is 15.6 Å². The summed E-state index contributed by atoms with van der Waals surface area (Å²) in [6, 6.07) is 4.07. The Bertz CT molecular complexity index is 1010. The third-order valence-electron chi connectivity index (χ3n) is 3.21. The molecule has 1 aromatic carbocycles. The Morgan fingerprint density at radius 2 is 2.12 bits per heavy atom. The molecule has 0 amide bonds. The summed E-state index contributed by atoms with van der Waals surface area (Å²) in [4.78, 5) is 4.84. The first-order valence-corrected chi connectivity index (χ1v) is 10.2. The van der Waals surface area contributed by atoms with Crippen molar-refractivity contribution in [3.8, 4) is 10.4 Å². The number of rotatable bonds is 4. The van der Waals surface area contributed by atoms with Gasteiger partial charge < -0.3 is 5.32 Å². The average molecular weight is 431 g/mol. The molecule has 0 aliphatic heterocycles. The summed E-state index contributed by atoms with van der Waals surface area (Å²) in [5.41, 5.74) is 1.28. The standard InChI is InChI=1S/C14H12BrFN4O2S2/c1-7-12(8-3-4-11(10(16)5-8)24(2,21)22)23-14(18-7)19-13-9(15)6-17-20-13/h3-6H,1-2H3,(H2,17,18,19,20). The Balaban J connectivity index is 1.96. The summed E-state index contributed by atoms with van der Waals surface area (Å²) in [5, 5.41) is 10.4. The lowest BCUT2D eigenvalue weighted by Crippen LogP contribution is -2.00. The number of anilines is 2. The van der Waals surface area contributed by atoms with Crippen molar-refractivity contribution in [2.24, 2.45) is 0 Å². The number of aromatic nitrogens is 3. The van der Waals surface area contributed by atoms with E-state index in [2.05, 4.69) is 36.4 Å². The highest BCUT2D eigenvalue weighted by Crippen LogP contribution is 2.35. The summed E-state index contributed by atoms with van der Waals surface area (Å²) in [5.74, 6) is -0.179. The number of nitrogens with one attached hydrogen (secondary N) is 2. The number of thiazole rings is 1. The molecule has 24 heavy (non-hydrogen) atoms. The van der Waals surface area contributed by atoms with Crippen LogP contribution in [0.2, 0.25) is 0 Å². The number of aromatic amines is 1. The third-order valence-corrected chi connectivity index (χ3v) is 6.07. The topological polar surface area (TPSA) is 87.7 Å². The molecule has 0 fully saturated rings. The normalized spacial score (nSPS) is 11.7. The van der Waals surface area contributed by atoms with Crippen LogP contribution in [0.25, 0.3) is 10.4 Å². The molecule has 2 N–H and O–H groups in total. The van der Waals surface area contributed by atoms with Crippen molar-refractivity contribution in [2.75, 3.05) is 11.6 Å². The maximum atomic E-state index is 14.1. The van der Waals surface area contributed by atoms with Gasteiger partial charge in [-0.25, -0.2) is 17.8 Å². The first-order chi connectivity index (χ1) is 11.3. The van der Waals surface area contributed by atoms with E-state index in [4.69, 9.17) is 0 Å². The van der Waals surface area contributed by atoms with Gasteiger partial charge in [-0.15, -0.1) is 0 Å². The minimum absolute atomic E-state index is 0.313. The summed E-state index contributed by atoms with van der Waals surface area (Å²) in [6.45, 7) is 1.80. The molecule has 0 unspecified atom stereocenters. The Morgan fingerprint density at radius 1 is 1.38 bits per heavy atom. The molecular formula is C14H12BrFN4O2S2. The molecule has 0 atom stereocenters. The lowest BCUT2D eigenvalue weighted by Gasteiger charge is -2.03. The third kappa shape index (κ3) is 3.35. The van der Waals surface area contributed by atoms with Crippen LogP contribution in [0.15, 0.2) is 33.8 Å². The first kappa shape index (κ1) is 17.1. The van der Waals surface area contributed by atoms with Crippen molar-refractivity contribution < 1.29 is 12.8 Å². The molecule has 10 heteroatoms. The van der Waals surface area contributed by atoms with Gasteiger partial charge in [0.25, 0.3) is 0 Å². The fraction of sp³-hybridized carbons (Fsp3) is 0.143. The van der Waals surface area contributed by atoms with Crippen LogP contribution >= 0.6 is 27.3 Å². The second-order valence-electron chi connectivity index (χ2n) is 5.06. The zero-order valence-corrected chi connectivity index (χ0v) is 15.8. The van der Waals surface area contributed by atoms with E-state index in [1.54, 1.807) is 19.2 Å². The smallest absolute Gasteiger partial charge is 0.189 e. The largest absolute Gasteiger partial charge is 0.314 e. The van der Waals surface area contributed by atoms with Crippen molar-refractivity contribution >= 4 is 48.1 Å². The van der Waals surface area contributed by atoms with Gasteiger partial charge >= 0.3 is 0 Å². The van der Waals surface area contributed by atoms with Gasteiger partial charge in [0.1, 0.15) is 10.7 Å². The highest BCUT2D eigenvalue weighted by atomic mass is 79.9. The number of halogens is 2. The number of benzene rings is 1. The molecule has 0 aliphatic carbocycles. The Kier molecular flexibility index (Phi) is 4.45. The number of hydrogen-bond donors (Lipinski definition) is 2. The molecule has 0 saturated carbocycles. The summed E-state index contributed by atoms with van der Waals surface area (Å²) in [7, 11) is -3.59. The summed E-state index contributed by atoms with van der Waals surface area (Å²) >= 11 is 4.67. The van der Waals surface area contributed by atoms with Gasteiger partial charge in [0.15, 0.2) is 20.8 Å². The molecule has 3 rings (SSSR count). The van der Waals surface area contributed by atoms with E-state index >= 15 is 0 Å². The van der Waals surface area contributed by atoms with Crippen LogP contribution in [0.1, 0.15) is 5.69 Å². The van der Waals surface area contributed by atoms with Gasteiger partial charge in [-0.1, -0.05) is 17.4 Å². The second kappa shape index (κ2) is 6.26. The van der Waals surface area contributed by atoms with Crippen LogP contribution in [0, 0.1) is 12.7 Å². The zero-order chi connectivity index (χ0) is 17.5. The van der Waals surface area contributed by atoms with Crippen molar-refractivity contribution in [1.82, 2.24) is 15.2 Å². The van der Waals surface area contributed by atoms with Crippen LogP contribution in [0.3, 0.4) is 0 Å². The molecule has 0 radical (unpaired) electrons. The highest BCUT2D eigenvalue weighted by Gasteiger charge is 2.17. The molecule has 0 aliphatic rings. The predicted octanol–water partition coefficient (Wildman–Crippen LogP) is 3.89. The van der Waals surface area contributed by atoms with E-state index < -0.39 is 15.7 Å². The number of hydrogen-bond acceptors (Lipinski definition) is 6. The maximum Gasteiger partial charge on any atom is 0.189 e. The van der Waals surface area contributed by atoms with Crippen LogP contribution in [0.5, 0.6) is 0 Å². The van der Waals surface area contributed by atoms with Gasteiger partial charge in [0.05, 0.1) is 15.0 Å². The lowest BCUT2D eigenvalue weighted by molar-refractivity contribution is 0.571. The monoisotopic (exact) mass is 430 g/mol. The Morgan fingerprint density at radius 3 is 2.71 bits per heavy atom. The SMILES string of the molecule is Cc1nc(Nc2n[nH]cc2Br)sc1-c1ccc(S(C)(=O)=O)c(F)c1. The van der Waals surface area contributed by atoms with Crippen molar-refractivity contribution in [3.63, 3.8) is 0 Å². The van der Waals surface area contributed by atoms with Gasteiger partial charge in [-0.2, -0.15) is 5.10 Å². The molecule has 0 spiro atoms. The first-order valence-electron chi connectivity index (χ1n) is 6.69. The van der Waals surface area contributed by atoms with Gasteiger partial charge in [-0.3, -0.25) is 5.10 Å². The summed E-state index contributed by atoms with van der Waals surface area (Å²) in [6.07, 6.45) is 2.66. The number of nitrogens with zero attached hydrogens (tertiary/aromatic N) is 2. The predicted molar refractivity (Wildman–Crippen MR) is 94.9 cm³/mol. The van der Waals surface area contributed by atoms with E-state index in [9.17, 15) is 12.8 Å². The van der Waals surface area contributed by atoms with Gasteiger partial charge in [0.2, 0.25) is 0 Å². The number of aryl methyl sites for hydroxylation is 1. The Hall–Kier alpha value is -1.78. The fourth-order valence-electron chi connectivity index (χ4n) is 2.12. The maximum absolute atomic E-state index is 14.1. The van der Waals surface area contributed by atoms with Crippen molar-refractivity contribution in [3.05, 3.63) is 40.4 Å². The minimum atomic E-state index is -3.59. The molecule has 2 aromatic heterocycles. The molecule has 126 valence electrons. The lowest BCUT2D eigenvalue weighted by atomic mass is 10.1. The molecule has 6 nitrogen and oxygen atoms in total. The highest BCUT2D eigenvalue weighted by molar-refractivity contribution is 9.10. The van der Waals surface area contributed by atoms with Crippen LogP contribution < -0.4 is 5.32 Å². The van der Waals surface area contributed by atoms with Crippen LogP contribution in [0.4, 0.5) is 15.3 Å². The van der Waals surface area contributed by atoms with E-state index in [1.807, 2.05) is 0 Å². The van der Waals surface area contributed by atoms with Gasteiger partial charge in [0, 0.05) is 12.5 Å². The summed E-state index contributed by atoms with van der Waals surface area (Å²) < 4.78 is 37.9. The van der Waals surface area contributed by atoms with Crippen LogP contribution in [-0.2, 0) is 9.84 Å². The molecule has 3 aromatic rings.